The highest BCUT2D eigenvalue weighted by atomic mass is 33.1. The van der Waals surface area contributed by atoms with Crippen LogP contribution < -0.4 is 16.0 Å². The molecule has 5 N–H and O–H groups in total. The van der Waals surface area contributed by atoms with Gasteiger partial charge in [-0.1, -0.05) is 54.1 Å². The lowest BCUT2D eigenvalue weighted by molar-refractivity contribution is -0.139. The summed E-state index contributed by atoms with van der Waals surface area (Å²) in [7, 11) is 2.82. The van der Waals surface area contributed by atoms with Gasteiger partial charge in [-0.2, -0.15) is 0 Å². The highest BCUT2D eigenvalue weighted by Crippen LogP contribution is 2.35. The van der Waals surface area contributed by atoms with E-state index >= 15 is 0 Å². The zero-order valence-electron chi connectivity index (χ0n) is 18.8. The first kappa shape index (κ1) is 30.2. The second-order valence-corrected chi connectivity index (χ2v) is 12.6. The van der Waals surface area contributed by atoms with E-state index in [1.54, 1.807) is 20.8 Å². The molecule has 3 amide bonds. The number of carbonyl (C=O) groups is 5. The van der Waals surface area contributed by atoms with Gasteiger partial charge in [0.2, 0.25) is 5.91 Å². The largest absolute Gasteiger partial charge is 0.480 e. The monoisotopic (exact) mass is 513 g/mol. The topological polar surface area (TPSA) is 171 Å². The fourth-order valence-corrected chi connectivity index (χ4v) is 4.95. The Labute approximate surface area is 199 Å². The van der Waals surface area contributed by atoms with Crippen molar-refractivity contribution in [1.82, 2.24) is 16.0 Å². The maximum absolute atomic E-state index is 12.3. The van der Waals surface area contributed by atoms with Gasteiger partial charge in [-0.25, -0.2) is 9.59 Å². The number of hydrogen-bond acceptors (Lipinski definition) is 9. The molecule has 0 saturated heterocycles. The van der Waals surface area contributed by atoms with Crippen molar-refractivity contribution in [1.29, 1.82) is 0 Å². The second kappa shape index (κ2) is 13.7. The Morgan fingerprint density at radius 3 is 1.97 bits per heavy atom. The van der Waals surface area contributed by atoms with Crippen LogP contribution in [0, 0.1) is 0 Å². The normalized spacial score (nSPS) is 13.4. The number of hydrogen-bond donors (Lipinski definition) is 5. The Morgan fingerprint density at radius 1 is 0.906 bits per heavy atom. The van der Waals surface area contributed by atoms with Crippen molar-refractivity contribution in [3.8, 4) is 0 Å². The lowest BCUT2D eigenvalue weighted by Gasteiger charge is -2.22. The van der Waals surface area contributed by atoms with Gasteiger partial charge in [0.25, 0.3) is 5.24 Å². The summed E-state index contributed by atoms with van der Waals surface area (Å²) in [6, 6.07) is -2.43. The first-order valence-electron chi connectivity index (χ1n) is 9.46. The first-order chi connectivity index (χ1) is 14.5. The van der Waals surface area contributed by atoms with Gasteiger partial charge in [0.1, 0.15) is 24.2 Å². The number of thioether (sulfide) groups is 1. The summed E-state index contributed by atoms with van der Waals surface area (Å²) < 4.78 is 4.91. The van der Waals surface area contributed by atoms with Crippen LogP contribution in [0.1, 0.15) is 41.5 Å². The zero-order chi connectivity index (χ0) is 25.1. The molecule has 0 saturated carbocycles. The summed E-state index contributed by atoms with van der Waals surface area (Å²) >= 11 is 0.568. The molecule has 0 spiro atoms. The number of alkyl carbamates (subject to hydrolysis) is 1. The van der Waals surface area contributed by atoms with Gasteiger partial charge in [0.05, 0.1) is 0 Å². The molecule has 0 aromatic rings. The average Bonchev–Trinajstić information content (AvgIpc) is 2.59. The summed E-state index contributed by atoms with van der Waals surface area (Å²) in [4.78, 5) is 58.5. The van der Waals surface area contributed by atoms with Gasteiger partial charge in [-0.3, -0.25) is 14.4 Å². The van der Waals surface area contributed by atoms with Crippen molar-refractivity contribution in [2.75, 3.05) is 18.1 Å². The molecular weight excluding hydrogens is 482 g/mol. The standard InChI is InChI=1S/C18H31N3O8S3/c1-17(2,3)29-15(27)20-11(14(25)26)8-30-16(28)21-10(9-31-32-18(4,5)6)13(24)19-7-12(22)23/h10-11H,7-9H2,1-6H3,(H,19,24)(H,20,27)(H,21,28)(H,22,23)(H,25,26)/t10-,11-/m0/s1. The van der Waals surface area contributed by atoms with Crippen molar-refractivity contribution in [2.45, 2.75) is 64.0 Å². The van der Waals surface area contributed by atoms with Crippen LogP contribution in [0.3, 0.4) is 0 Å². The van der Waals surface area contributed by atoms with Crippen molar-refractivity contribution in [3.63, 3.8) is 0 Å². The van der Waals surface area contributed by atoms with Crippen molar-refractivity contribution in [3.05, 3.63) is 0 Å². The maximum atomic E-state index is 12.3. The highest BCUT2D eigenvalue weighted by molar-refractivity contribution is 8.77. The van der Waals surface area contributed by atoms with Crippen LogP contribution in [-0.4, -0.2) is 79.9 Å². The van der Waals surface area contributed by atoms with Crippen LogP contribution in [0.5, 0.6) is 0 Å². The fourth-order valence-electron chi connectivity index (χ4n) is 1.72. The molecule has 0 radical (unpaired) electrons. The van der Waals surface area contributed by atoms with E-state index in [1.165, 1.54) is 21.6 Å². The first-order valence-corrected chi connectivity index (χ1v) is 12.8. The number of carboxylic acids is 2. The van der Waals surface area contributed by atoms with Crippen molar-refractivity contribution < 1.29 is 38.9 Å². The Bertz CT molecular complexity index is 692. The third kappa shape index (κ3) is 15.9. The van der Waals surface area contributed by atoms with Gasteiger partial charge in [-0.15, -0.1) is 0 Å². The molecule has 0 bridgehead atoms. The summed E-state index contributed by atoms with van der Waals surface area (Å²) in [5.74, 6) is -3.41. The molecular formula is C18H31N3O8S3. The maximum Gasteiger partial charge on any atom is 0.408 e. The van der Waals surface area contributed by atoms with Crippen LogP contribution in [0.2, 0.25) is 0 Å². The highest BCUT2D eigenvalue weighted by Gasteiger charge is 2.27. The Hall–Kier alpha value is -1.80. The molecule has 11 nitrogen and oxygen atoms in total. The minimum absolute atomic E-state index is 0.104. The molecule has 184 valence electrons. The van der Waals surface area contributed by atoms with Crippen LogP contribution >= 0.6 is 33.3 Å². The molecule has 0 fully saturated rings. The van der Waals surface area contributed by atoms with Gasteiger partial charge in [-0.05, 0) is 20.8 Å². The smallest absolute Gasteiger partial charge is 0.408 e. The molecule has 0 aliphatic heterocycles. The second-order valence-electron chi connectivity index (χ2n) is 8.42. The third-order valence-electron chi connectivity index (χ3n) is 2.94. The van der Waals surface area contributed by atoms with E-state index in [2.05, 4.69) is 16.0 Å². The molecule has 0 rings (SSSR count). The van der Waals surface area contributed by atoms with E-state index in [0.717, 1.165) is 0 Å². The van der Waals surface area contributed by atoms with Crippen LogP contribution in [-0.2, 0) is 19.1 Å². The summed E-state index contributed by atoms with van der Waals surface area (Å²) in [5, 5.41) is 24.2. The minimum atomic E-state index is -1.40. The number of carboxylic acid groups (broad SMARTS) is 2. The fraction of sp³-hybridized carbons (Fsp3) is 0.722. The number of ether oxygens (including phenoxy) is 1. The molecule has 0 aliphatic rings. The minimum Gasteiger partial charge on any atom is -0.480 e. The lowest BCUT2D eigenvalue weighted by atomic mass is 10.2. The Morgan fingerprint density at radius 2 is 1.50 bits per heavy atom. The molecule has 0 aromatic heterocycles. The quantitative estimate of drug-likeness (QED) is 0.256. The van der Waals surface area contributed by atoms with Crippen molar-refractivity contribution in [2.24, 2.45) is 0 Å². The predicted molar refractivity (Wildman–Crippen MR) is 126 cm³/mol. The van der Waals surface area contributed by atoms with Gasteiger partial charge >= 0.3 is 18.0 Å². The Kier molecular flexibility index (Phi) is 12.9. The molecule has 0 aliphatic carbocycles. The third-order valence-corrected chi connectivity index (χ3v) is 7.17. The number of aliphatic carboxylic acids is 2. The molecule has 0 aromatic carbocycles. The predicted octanol–water partition coefficient (Wildman–Crippen LogP) is 2.16. The van der Waals surface area contributed by atoms with Crippen LogP contribution in [0.4, 0.5) is 9.59 Å². The van der Waals surface area contributed by atoms with Crippen molar-refractivity contribution >= 4 is 62.5 Å². The molecule has 0 unspecified atom stereocenters. The number of amides is 3. The van der Waals surface area contributed by atoms with E-state index in [9.17, 15) is 29.1 Å². The Balaban J connectivity index is 4.93. The number of rotatable bonds is 11. The van der Waals surface area contributed by atoms with Gasteiger partial charge in [0, 0.05) is 16.3 Å². The summed E-state index contributed by atoms with van der Waals surface area (Å²) in [6.45, 7) is 10.2. The lowest BCUT2D eigenvalue weighted by Crippen LogP contribution is -2.49. The van der Waals surface area contributed by atoms with Crippen LogP contribution in [0.25, 0.3) is 0 Å². The molecule has 0 heterocycles. The SMILES string of the molecule is CC(C)(C)OC(=O)N[C@@H](CSC(=O)N[C@@H](CSSC(C)(C)C)C(=O)NCC(=O)O)C(=O)O. The molecule has 32 heavy (non-hydrogen) atoms. The van der Waals surface area contributed by atoms with E-state index in [1.807, 2.05) is 20.8 Å². The zero-order valence-corrected chi connectivity index (χ0v) is 21.3. The van der Waals surface area contributed by atoms with Gasteiger partial charge < -0.3 is 30.9 Å². The van der Waals surface area contributed by atoms with E-state index in [4.69, 9.17) is 9.84 Å². The van der Waals surface area contributed by atoms with Gasteiger partial charge in [0.15, 0.2) is 0 Å². The molecule has 14 heteroatoms. The number of nitrogens with one attached hydrogen (secondary N) is 3. The van der Waals surface area contributed by atoms with E-state index in [-0.39, 0.29) is 16.3 Å². The summed E-state index contributed by atoms with van der Waals surface area (Å²) in [6.07, 6.45) is -0.938. The van der Waals surface area contributed by atoms with E-state index in [0.29, 0.717) is 11.8 Å². The summed E-state index contributed by atoms with van der Waals surface area (Å²) in [5.41, 5.74) is -0.822. The average molecular weight is 514 g/mol. The molecule has 2 atom stereocenters. The van der Waals surface area contributed by atoms with Crippen LogP contribution in [0.15, 0.2) is 0 Å². The van der Waals surface area contributed by atoms with E-state index < -0.39 is 53.4 Å². The number of carbonyl (C=O) groups excluding carboxylic acids is 3.